The standard InChI is InChI=1S/C12H16Cl2N2O2S/c1-12(2)4-3-5-16(12)19(17,18)11-9(13)6-8(15)7-10(11)14/h6-7H,3-5,15H2,1-2H3. The van der Waals surface area contributed by atoms with Crippen LogP contribution in [0.2, 0.25) is 10.0 Å². The fourth-order valence-corrected chi connectivity index (χ4v) is 5.50. The monoisotopic (exact) mass is 322 g/mol. The minimum atomic E-state index is -3.71. The summed E-state index contributed by atoms with van der Waals surface area (Å²) in [6.45, 7) is 4.28. The van der Waals surface area contributed by atoms with Gasteiger partial charge in [0.15, 0.2) is 0 Å². The normalized spacial score (nSPS) is 19.8. The first-order valence-electron chi connectivity index (χ1n) is 5.93. The first-order chi connectivity index (χ1) is 8.66. The summed E-state index contributed by atoms with van der Waals surface area (Å²) >= 11 is 12.0. The van der Waals surface area contributed by atoms with Crippen LogP contribution in [0.4, 0.5) is 5.69 Å². The van der Waals surface area contributed by atoms with Crippen molar-refractivity contribution in [2.45, 2.75) is 37.1 Å². The van der Waals surface area contributed by atoms with Crippen LogP contribution in [0.5, 0.6) is 0 Å². The Morgan fingerprint density at radius 1 is 1.26 bits per heavy atom. The SMILES string of the molecule is CC1(C)CCCN1S(=O)(=O)c1c(Cl)cc(N)cc1Cl. The molecule has 1 saturated heterocycles. The maximum atomic E-state index is 12.7. The van der Waals surface area contributed by atoms with E-state index >= 15 is 0 Å². The highest BCUT2D eigenvalue weighted by atomic mass is 35.5. The van der Waals surface area contributed by atoms with Gasteiger partial charge in [-0.3, -0.25) is 0 Å². The van der Waals surface area contributed by atoms with Gasteiger partial charge in [-0.05, 0) is 38.8 Å². The van der Waals surface area contributed by atoms with Crippen LogP contribution in [0.1, 0.15) is 26.7 Å². The van der Waals surface area contributed by atoms with Gasteiger partial charge in [-0.1, -0.05) is 23.2 Å². The molecule has 1 heterocycles. The van der Waals surface area contributed by atoms with Gasteiger partial charge >= 0.3 is 0 Å². The van der Waals surface area contributed by atoms with E-state index in [4.69, 9.17) is 28.9 Å². The molecule has 0 radical (unpaired) electrons. The molecule has 0 saturated carbocycles. The lowest BCUT2D eigenvalue weighted by Crippen LogP contribution is -2.42. The van der Waals surface area contributed by atoms with Crippen molar-refractivity contribution in [1.29, 1.82) is 0 Å². The molecule has 0 aromatic heterocycles. The number of nitrogen functional groups attached to an aromatic ring is 1. The highest BCUT2D eigenvalue weighted by Gasteiger charge is 2.42. The lowest BCUT2D eigenvalue weighted by atomic mass is 10.0. The summed E-state index contributed by atoms with van der Waals surface area (Å²) in [6.07, 6.45) is 1.65. The van der Waals surface area contributed by atoms with Crippen LogP contribution in [-0.4, -0.2) is 24.8 Å². The van der Waals surface area contributed by atoms with E-state index < -0.39 is 15.6 Å². The Hall–Kier alpha value is -0.490. The van der Waals surface area contributed by atoms with Gasteiger partial charge in [-0.15, -0.1) is 0 Å². The fourth-order valence-electron chi connectivity index (χ4n) is 2.46. The zero-order valence-electron chi connectivity index (χ0n) is 10.8. The second-order valence-corrected chi connectivity index (χ2v) is 7.92. The third-order valence-electron chi connectivity index (χ3n) is 3.39. The molecule has 0 bridgehead atoms. The van der Waals surface area contributed by atoms with Crippen molar-refractivity contribution >= 4 is 38.9 Å². The Labute approximate surface area is 123 Å². The van der Waals surface area contributed by atoms with E-state index in [1.165, 1.54) is 16.4 Å². The van der Waals surface area contributed by atoms with E-state index in [2.05, 4.69) is 0 Å². The van der Waals surface area contributed by atoms with Crippen LogP contribution in [-0.2, 0) is 10.0 Å². The predicted octanol–water partition coefficient (Wildman–Crippen LogP) is 3.14. The van der Waals surface area contributed by atoms with Gasteiger partial charge < -0.3 is 5.73 Å². The third-order valence-corrected chi connectivity index (χ3v) is 6.43. The van der Waals surface area contributed by atoms with E-state index in [9.17, 15) is 8.42 Å². The van der Waals surface area contributed by atoms with Crippen molar-refractivity contribution < 1.29 is 8.42 Å². The highest BCUT2D eigenvalue weighted by Crippen LogP contribution is 2.39. The van der Waals surface area contributed by atoms with Gasteiger partial charge in [0.25, 0.3) is 0 Å². The minimum absolute atomic E-state index is 0.0555. The van der Waals surface area contributed by atoms with Crippen LogP contribution >= 0.6 is 23.2 Å². The van der Waals surface area contributed by atoms with Crippen molar-refractivity contribution in [2.24, 2.45) is 0 Å². The molecule has 0 unspecified atom stereocenters. The molecule has 106 valence electrons. The zero-order chi connectivity index (χ0) is 14.4. The van der Waals surface area contributed by atoms with Gasteiger partial charge in [0.05, 0.1) is 10.0 Å². The quantitative estimate of drug-likeness (QED) is 0.851. The van der Waals surface area contributed by atoms with Crippen LogP contribution in [0, 0.1) is 0 Å². The number of hydrogen-bond donors (Lipinski definition) is 1. The van der Waals surface area contributed by atoms with Crippen LogP contribution < -0.4 is 5.73 Å². The molecule has 0 spiro atoms. The zero-order valence-corrected chi connectivity index (χ0v) is 13.1. The fraction of sp³-hybridized carbons (Fsp3) is 0.500. The van der Waals surface area contributed by atoms with Gasteiger partial charge in [0.2, 0.25) is 10.0 Å². The Bertz CT molecular complexity index is 591. The smallest absolute Gasteiger partial charge is 0.246 e. The number of nitrogens with two attached hydrogens (primary N) is 1. The Balaban J connectivity index is 2.58. The third kappa shape index (κ3) is 2.57. The molecular weight excluding hydrogens is 307 g/mol. The second-order valence-electron chi connectivity index (χ2n) is 5.31. The number of rotatable bonds is 2. The molecule has 1 aliphatic heterocycles. The van der Waals surface area contributed by atoms with Crippen LogP contribution in [0.15, 0.2) is 17.0 Å². The van der Waals surface area contributed by atoms with E-state index in [0.29, 0.717) is 12.2 Å². The Morgan fingerprint density at radius 3 is 2.21 bits per heavy atom. The topological polar surface area (TPSA) is 63.4 Å². The summed E-state index contributed by atoms with van der Waals surface area (Å²) in [5.41, 5.74) is 5.52. The van der Waals surface area contributed by atoms with Crippen molar-refractivity contribution in [3.63, 3.8) is 0 Å². The van der Waals surface area contributed by atoms with Gasteiger partial charge in [-0.25, -0.2) is 8.42 Å². The molecular formula is C12H16Cl2N2O2S. The molecule has 1 aromatic rings. The average Bonchev–Trinajstić information content (AvgIpc) is 2.56. The molecule has 2 N–H and O–H groups in total. The maximum absolute atomic E-state index is 12.7. The molecule has 7 heteroatoms. The van der Waals surface area contributed by atoms with Crippen molar-refractivity contribution in [2.75, 3.05) is 12.3 Å². The van der Waals surface area contributed by atoms with Crippen molar-refractivity contribution in [1.82, 2.24) is 4.31 Å². The summed E-state index contributed by atoms with van der Waals surface area (Å²) in [5, 5.41) is 0.125. The molecule has 1 aromatic carbocycles. The van der Waals surface area contributed by atoms with E-state index in [-0.39, 0.29) is 14.9 Å². The van der Waals surface area contributed by atoms with E-state index in [1.54, 1.807) is 0 Å². The lowest BCUT2D eigenvalue weighted by molar-refractivity contribution is 0.292. The minimum Gasteiger partial charge on any atom is -0.399 e. The first kappa shape index (κ1) is 14.9. The molecule has 0 amide bonds. The summed E-state index contributed by atoms with van der Waals surface area (Å²) in [6, 6.07) is 2.81. The summed E-state index contributed by atoms with van der Waals surface area (Å²) in [7, 11) is -3.71. The summed E-state index contributed by atoms with van der Waals surface area (Å²) in [4.78, 5) is -0.0555. The van der Waals surface area contributed by atoms with Gasteiger partial charge in [-0.2, -0.15) is 4.31 Å². The van der Waals surface area contributed by atoms with Crippen molar-refractivity contribution in [3.8, 4) is 0 Å². The van der Waals surface area contributed by atoms with Crippen LogP contribution in [0.3, 0.4) is 0 Å². The highest BCUT2D eigenvalue weighted by molar-refractivity contribution is 7.89. The number of anilines is 1. The average molecular weight is 323 g/mol. The molecule has 0 atom stereocenters. The first-order valence-corrected chi connectivity index (χ1v) is 8.13. The lowest BCUT2D eigenvalue weighted by Gasteiger charge is -2.31. The van der Waals surface area contributed by atoms with Crippen LogP contribution in [0.25, 0.3) is 0 Å². The van der Waals surface area contributed by atoms with E-state index in [1.807, 2.05) is 13.8 Å². The predicted molar refractivity (Wildman–Crippen MR) is 78.1 cm³/mol. The molecule has 1 aliphatic rings. The summed E-state index contributed by atoms with van der Waals surface area (Å²) < 4.78 is 26.9. The Morgan fingerprint density at radius 2 is 1.79 bits per heavy atom. The Kier molecular flexibility index (Phi) is 3.77. The molecule has 0 aliphatic carbocycles. The molecule has 1 fully saturated rings. The number of sulfonamides is 1. The van der Waals surface area contributed by atoms with E-state index in [0.717, 1.165) is 12.8 Å². The molecule has 4 nitrogen and oxygen atoms in total. The largest absolute Gasteiger partial charge is 0.399 e. The molecule has 2 rings (SSSR count). The number of halogens is 2. The number of nitrogens with zero attached hydrogens (tertiary/aromatic N) is 1. The molecule has 19 heavy (non-hydrogen) atoms. The number of hydrogen-bond acceptors (Lipinski definition) is 3. The second kappa shape index (κ2) is 4.81. The number of benzene rings is 1. The van der Waals surface area contributed by atoms with Crippen molar-refractivity contribution in [3.05, 3.63) is 22.2 Å². The summed E-state index contributed by atoms with van der Waals surface area (Å²) in [5.74, 6) is 0. The van der Waals surface area contributed by atoms with Gasteiger partial charge in [0, 0.05) is 17.8 Å². The van der Waals surface area contributed by atoms with Gasteiger partial charge in [0.1, 0.15) is 4.90 Å². The maximum Gasteiger partial charge on any atom is 0.246 e.